The van der Waals surface area contributed by atoms with Gasteiger partial charge in [0.2, 0.25) is 5.75 Å². The molecule has 192 valence electrons. The second-order valence-electron chi connectivity index (χ2n) is 9.92. The third kappa shape index (κ3) is 3.78. The standard InChI is InChI=1S/C28H31N5O4/c1-4-19-14-33-20(15-32(19)21(5-2)17-6-9-23-24(12-17)36-11-10-35-23)16-37-27-26(33)25-22(31(3)28(27)34)8-7-18(13-29)30-25/h6-9,12,19-21H,4-5,10-11,14-16H2,1-3H3/t19-,20+,21-/m1/s1. The van der Waals surface area contributed by atoms with Crippen LogP contribution >= 0.6 is 0 Å². The van der Waals surface area contributed by atoms with Crippen molar-refractivity contribution < 1.29 is 14.2 Å². The van der Waals surface area contributed by atoms with E-state index >= 15 is 0 Å². The molecule has 3 atom stereocenters. The molecule has 0 N–H and O–H groups in total. The SMILES string of the molecule is CC[C@@H]1CN2c3c(c(=O)n(C)c4ccc(C#N)nc34)OC[C@@H]2CN1[C@H](CC)c1ccc2c(c1)OCCO2. The number of rotatable bonds is 4. The monoisotopic (exact) mass is 501 g/mol. The van der Waals surface area contributed by atoms with E-state index < -0.39 is 0 Å². The van der Waals surface area contributed by atoms with Gasteiger partial charge in [0.05, 0.1) is 11.6 Å². The Morgan fingerprint density at radius 3 is 2.68 bits per heavy atom. The minimum atomic E-state index is -0.175. The lowest BCUT2D eigenvalue weighted by Crippen LogP contribution is -2.62. The first-order valence-corrected chi connectivity index (χ1v) is 13.0. The van der Waals surface area contributed by atoms with Crippen LogP contribution in [0.5, 0.6) is 17.2 Å². The van der Waals surface area contributed by atoms with Gasteiger partial charge in [-0.3, -0.25) is 9.69 Å². The van der Waals surface area contributed by atoms with Gasteiger partial charge in [-0.1, -0.05) is 19.9 Å². The van der Waals surface area contributed by atoms with Crippen LogP contribution in [0, 0.1) is 11.3 Å². The van der Waals surface area contributed by atoms with E-state index in [9.17, 15) is 10.1 Å². The highest BCUT2D eigenvalue weighted by molar-refractivity contribution is 5.93. The summed E-state index contributed by atoms with van der Waals surface area (Å²) in [5.74, 6) is 1.94. The average molecular weight is 502 g/mol. The maximum atomic E-state index is 13.2. The van der Waals surface area contributed by atoms with E-state index in [1.165, 1.54) is 5.56 Å². The molecular weight excluding hydrogens is 470 g/mol. The molecule has 1 saturated heterocycles. The Morgan fingerprint density at radius 2 is 1.92 bits per heavy atom. The molecule has 0 radical (unpaired) electrons. The van der Waals surface area contributed by atoms with Crippen molar-refractivity contribution in [3.05, 3.63) is 51.9 Å². The number of anilines is 1. The highest BCUT2D eigenvalue weighted by Gasteiger charge is 2.42. The van der Waals surface area contributed by atoms with Crippen LogP contribution in [0.4, 0.5) is 5.69 Å². The molecule has 3 aliphatic heterocycles. The molecule has 9 heteroatoms. The van der Waals surface area contributed by atoms with Crippen molar-refractivity contribution in [1.29, 1.82) is 5.26 Å². The lowest BCUT2D eigenvalue weighted by Gasteiger charge is -2.51. The molecule has 0 amide bonds. The van der Waals surface area contributed by atoms with E-state index in [0.717, 1.165) is 43.1 Å². The summed E-state index contributed by atoms with van der Waals surface area (Å²) in [5.41, 5.74) is 3.43. The van der Waals surface area contributed by atoms with E-state index in [1.54, 1.807) is 23.7 Å². The maximum Gasteiger partial charge on any atom is 0.295 e. The number of nitriles is 1. The van der Waals surface area contributed by atoms with Crippen LogP contribution in [0.25, 0.3) is 11.0 Å². The highest BCUT2D eigenvalue weighted by Crippen LogP contribution is 2.42. The molecule has 6 rings (SSSR count). The van der Waals surface area contributed by atoms with Crippen molar-refractivity contribution in [2.24, 2.45) is 7.05 Å². The molecule has 1 aromatic carbocycles. The van der Waals surface area contributed by atoms with Crippen molar-refractivity contribution in [2.45, 2.75) is 44.8 Å². The third-order valence-corrected chi connectivity index (χ3v) is 7.94. The normalized spacial score (nSPS) is 21.5. The molecule has 0 spiro atoms. The van der Waals surface area contributed by atoms with Gasteiger partial charge in [0.15, 0.2) is 11.5 Å². The molecule has 1 fully saturated rings. The van der Waals surface area contributed by atoms with Crippen LogP contribution in [0.1, 0.15) is 44.0 Å². The highest BCUT2D eigenvalue weighted by atomic mass is 16.6. The number of nitrogens with zero attached hydrogens (tertiary/aromatic N) is 5. The molecule has 0 saturated carbocycles. The molecule has 2 aromatic heterocycles. The zero-order chi connectivity index (χ0) is 25.7. The Morgan fingerprint density at radius 1 is 1.11 bits per heavy atom. The largest absolute Gasteiger partial charge is 0.486 e. The summed E-state index contributed by atoms with van der Waals surface area (Å²) < 4.78 is 19.3. The van der Waals surface area contributed by atoms with E-state index in [0.29, 0.717) is 42.3 Å². The Kier molecular flexibility index (Phi) is 5.92. The number of hydrogen-bond donors (Lipinski definition) is 0. The second kappa shape index (κ2) is 9.27. The van der Waals surface area contributed by atoms with Crippen LogP contribution in [0.3, 0.4) is 0 Å². The van der Waals surface area contributed by atoms with Crippen LogP contribution in [-0.2, 0) is 7.05 Å². The first-order valence-electron chi connectivity index (χ1n) is 13.0. The van der Waals surface area contributed by atoms with Crippen molar-refractivity contribution in [3.8, 4) is 23.3 Å². The topological polar surface area (TPSA) is 92.9 Å². The molecule has 0 bridgehead atoms. The zero-order valence-corrected chi connectivity index (χ0v) is 21.4. The Labute approximate surface area is 215 Å². The van der Waals surface area contributed by atoms with Crippen LogP contribution in [0.2, 0.25) is 0 Å². The summed E-state index contributed by atoms with van der Waals surface area (Å²) in [6, 6.07) is 12.4. The quantitative estimate of drug-likeness (QED) is 0.537. The lowest BCUT2D eigenvalue weighted by atomic mass is 9.94. The summed E-state index contributed by atoms with van der Waals surface area (Å²) in [6.07, 6.45) is 1.91. The van der Waals surface area contributed by atoms with Gasteiger partial charge < -0.3 is 23.7 Å². The predicted molar refractivity (Wildman–Crippen MR) is 140 cm³/mol. The summed E-state index contributed by atoms with van der Waals surface area (Å²) in [7, 11) is 1.72. The Balaban J connectivity index is 1.39. The summed E-state index contributed by atoms with van der Waals surface area (Å²) in [5, 5.41) is 9.49. The van der Waals surface area contributed by atoms with Crippen molar-refractivity contribution in [2.75, 3.05) is 37.8 Å². The van der Waals surface area contributed by atoms with Crippen LogP contribution in [-0.4, -0.2) is 59.4 Å². The molecule has 5 heterocycles. The minimum absolute atomic E-state index is 0.0596. The fourth-order valence-corrected chi connectivity index (χ4v) is 6.07. The smallest absolute Gasteiger partial charge is 0.295 e. The van der Waals surface area contributed by atoms with Crippen molar-refractivity contribution >= 4 is 16.7 Å². The van der Waals surface area contributed by atoms with Gasteiger partial charge in [0, 0.05) is 32.2 Å². The van der Waals surface area contributed by atoms with Crippen molar-refractivity contribution in [3.63, 3.8) is 0 Å². The Bertz CT molecular complexity index is 1460. The number of aromatic nitrogens is 2. The molecule has 0 unspecified atom stereocenters. The van der Waals surface area contributed by atoms with Gasteiger partial charge in [0.25, 0.3) is 5.56 Å². The van der Waals surface area contributed by atoms with Gasteiger partial charge in [-0.05, 0) is 42.7 Å². The first kappa shape index (κ1) is 23.6. The van der Waals surface area contributed by atoms with Gasteiger partial charge in [0.1, 0.15) is 42.8 Å². The van der Waals surface area contributed by atoms with E-state index in [-0.39, 0.29) is 23.7 Å². The number of piperazine rings is 1. The predicted octanol–water partition coefficient (Wildman–Crippen LogP) is 3.39. The number of aryl methyl sites for hydroxylation is 1. The molecule has 0 aliphatic carbocycles. The van der Waals surface area contributed by atoms with Gasteiger partial charge in [-0.2, -0.15) is 5.26 Å². The molecule has 9 nitrogen and oxygen atoms in total. The fraction of sp³-hybridized carbons (Fsp3) is 0.464. The lowest BCUT2D eigenvalue weighted by molar-refractivity contribution is 0.0717. The van der Waals surface area contributed by atoms with Crippen LogP contribution in [0.15, 0.2) is 35.1 Å². The van der Waals surface area contributed by atoms with Gasteiger partial charge in [-0.15, -0.1) is 0 Å². The summed E-state index contributed by atoms with van der Waals surface area (Å²) in [6.45, 7) is 7.54. The molecule has 3 aromatic rings. The minimum Gasteiger partial charge on any atom is -0.486 e. The van der Waals surface area contributed by atoms with E-state index in [4.69, 9.17) is 14.2 Å². The summed E-state index contributed by atoms with van der Waals surface area (Å²) >= 11 is 0. The number of ether oxygens (including phenoxy) is 3. The summed E-state index contributed by atoms with van der Waals surface area (Å²) in [4.78, 5) is 22.7. The molecule has 37 heavy (non-hydrogen) atoms. The van der Waals surface area contributed by atoms with Gasteiger partial charge >= 0.3 is 0 Å². The second-order valence-corrected chi connectivity index (χ2v) is 9.92. The molecule has 3 aliphatic rings. The number of benzene rings is 1. The maximum absolute atomic E-state index is 13.2. The number of hydrogen-bond acceptors (Lipinski definition) is 8. The number of fused-ring (bicyclic) bond motifs is 6. The van der Waals surface area contributed by atoms with Crippen LogP contribution < -0.4 is 24.7 Å². The van der Waals surface area contributed by atoms with Crippen molar-refractivity contribution in [1.82, 2.24) is 14.5 Å². The first-order chi connectivity index (χ1) is 18.0. The third-order valence-electron chi connectivity index (χ3n) is 7.94. The fourth-order valence-electron chi connectivity index (χ4n) is 6.07. The van der Waals surface area contributed by atoms with E-state index in [1.807, 2.05) is 6.07 Å². The molecular formula is C28H31N5O4. The average Bonchev–Trinajstić information content (AvgIpc) is 2.95. The Hall–Kier alpha value is -3.77. The zero-order valence-electron chi connectivity index (χ0n) is 21.4. The van der Waals surface area contributed by atoms with E-state index in [2.05, 4.69) is 46.8 Å². The number of pyridine rings is 2. The van der Waals surface area contributed by atoms with Gasteiger partial charge in [-0.25, -0.2) is 4.98 Å².